The molecule has 0 aromatic heterocycles. The van der Waals surface area contributed by atoms with E-state index < -0.39 is 0 Å². The summed E-state index contributed by atoms with van der Waals surface area (Å²) in [5, 5.41) is 0. The summed E-state index contributed by atoms with van der Waals surface area (Å²) in [7, 11) is 0. The number of benzene rings is 1. The smallest absolute Gasteiger partial charge is 0.0443 e. The van der Waals surface area contributed by atoms with Crippen LogP contribution in [0.5, 0.6) is 0 Å². The molecule has 2 saturated carbocycles. The molecule has 25 heavy (non-hydrogen) atoms. The third-order valence-corrected chi connectivity index (χ3v) is 7.86. The highest BCUT2D eigenvalue weighted by molar-refractivity contribution is 5.85. The Morgan fingerprint density at radius 1 is 0.760 bits per heavy atom. The van der Waals surface area contributed by atoms with E-state index in [2.05, 4.69) is 40.1 Å². The minimum atomic E-state index is 0. The average molecular weight is 361 g/mol. The Morgan fingerprint density at radius 3 is 1.84 bits per heavy atom. The quantitative estimate of drug-likeness (QED) is 0.722. The number of halogens is 1. The van der Waals surface area contributed by atoms with Gasteiger partial charge in [-0.25, -0.2) is 0 Å². The van der Waals surface area contributed by atoms with Gasteiger partial charge in [0.15, 0.2) is 0 Å². The van der Waals surface area contributed by atoms with Gasteiger partial charge in [0.1, 0.15) is 0 Å². The second-order valence-electron chi connectivity index (χ2n) is 8.87. The minimum absolute atomic E-state index is 0. The first kappa shape index (κ1) is 17.7. The first-order valence-electron chi connectivity index (χ1n) is 10.4. The van der Waals surface area contributed by atoms with Crippen molar-refractivity contribution in [1.29, 1.82) is 0 Å². The lowest BCUT2D eigenvalue weighted by atomic mass is 9.66. The molecule has 3 heteroatoms. The summed E-state index contributed by atoms with van der Waals surface area (Å²) in [5.41, 5.74) is 1.94. The van der Waals surface area contributed by atoms with Gasteiger partial charge in [-0.3, -0.25) is 4.90 Å². The van der Waals surface area contributed by atoms with E-state index in [4.69, 9.17) is 0 Å². The van der Waals surface area contributed by atoms with Crippen molar-refractivity contribution in [2.75, 3.05) is 24.5 Å². The van der Waals surface area contributed by atoms with Crippen molar-refractivity contribution >= 4 is 18.1 Å². The number of para-hydroxylation sites is 1. The molecule has 2 aliphatic heterocycles. The summed E-state index contributed by atoms with van der Waals surface area (Å²) >= 11 is 0. The Labute approximate surface area is 159 Å². The zero-order valence-corrected chi connectivity index (χ0v) is 16.2. The van der Waals surface area contributed by atoms with E-state index in [1.807, 2.05) is 0 Å². The summed E-state index contributed by atoms with van der Waals surface area (Å²) in [5.74, 6) is 2.05. The lowest BCUT2D eigenvalue weighted by molar-refractivity contribution is -0.0101. The second-order valence-corrected chi connectivity index (χ2v) is 8.87. The maximum atomic E-state index is 2.93. The Hall–Kier alpha value is -0.730. The molecule has 1 aromatic carbocycles. The van der Waals surface area contributed by atoms with Crippen molar-refractivity contribution in [3.05, 3.63) is 30.3 Å². The number of hydrogen-bond donors (Lipinski definition) is 0. The molecule has 0 atom stereocenters. The van der Waals surface area contributed by atoms with E-state index in [0.29, 0.717) is 5.54 Å². The van der Waals surface area contributed by atoms with Gasteiger partial charge in [-0.05, 0) is 68.9 Å². The van der Waals surface area contributed by atoms with Gasteiger partial charge in [0, 0.05) is 36.9 Å². The fourth-order valence-electron chi connectivity index (χ4n) is 6.55. The molecular weight excluding hydrogens is 328 g/mol. The molecular formula is C22H33ClN2. The first-order chi connectivity index (χ1) is 11.9. The van der Waals surface area contributed by atoms with Crippen LogP contribution in [-0.4, -0.2) is 36.1 Å². The van der Waals surface area contributed by atoms with Crippen LogP contribution in [0.1, 0.15) is 57.8 Å². The molecule has 5 rings (SSSR count). The maximum absolute atomic E-state index is 2.93. The van der Waals surface area contributed by atoms with E-state index in [0.717, 1.165) is 17.9 Å². The third kappa shape index (κ3) is 3.00. The number of piperidine rings is 1. The fraction of sp³-hybridized carbons (Fsp3) is 0.727. The molecule has 2 saturated heterocycles. The molecule has 1 spiro atoms. The highest BCUT2D eigenvalue weighted by Gasteiger charge is 2.49. The van der Waals surface area contributed by atoms with E-state index in [9.17, 15) is 0 Å². The van der Waals surface area contributed by atoms with E-state index >= 15 is 0 Å². The van der Waals surface area contributed by atoms with Crippen LogP contribution in [0.25, 0.3) is 0 Å². The van der Waals surface area contributed by atoms with Crippen molar-refractivity contribution in [3.8, 4) is 0 Å². The molecule has 2 bridgehead atoms. The molecule has 1 aromatic rings. The van der Waals surface area contributed by atoms with Crippen molar-refractivity contribution < 1.29 is 0 Å². The average Bonchev–Trinajstić information content (AvgIpc) is 2.61. The summed E-state index contributed by atoms with van der Waals surface area (Å²) < 4.78 is 0. The van der Waals surface area contributed by atoms with Gasteiger partial charge in [-0.1, -0.05) is 31.0 Å². The molecule has 138 valence electrons. The van der Waals surface area contributed by atoms with Gasteiger partial charge in [0.2, 0.25) is 0 Å². The summed E-state index contributed by atoms with van der Waals surface area (Å²) in [6, 6.07) is 12.1. The highest BCUT2D eigenvalue weighted by Crippen LogP contribution is 2.47. The lowest BCUT2D eigenvalue weighted by Crippen LogP contribution is -2.66. The van der Waals surface area contributed by atoms with Crippen LogP contribution >= 0.6 is 12.4 Å². The minimum Gasteiger partial charge on any atom is -0.366 e. The number of fused-ring (bicyclic) bond motifs is 2. The van der Waals surface area contributed by atoms with Crippen molar-refractivity contribution in [1.82, 2.24) is 4.90 Å². The van der Waals surface area contributed by atoms with Crippen LogP contribution in [0.2, 0.25) is 0 Å². The van der Waals surface area contributed by atoms with Gasteiger partial charge < -0.3 is 4.90 Å². The van der Waals surface area contributed by atoms with Gasteiger partial charge in [-0.15, -0.1) is 12.4 Å². The van der Waals surface area contributed by atoms with E-state index in [-0.39, 0.29) is 12.4 Å². The SMILES string of the molecule is Cl.c1ccc(N2CCC23CCN(C2C4CCCC2CCC4)CC3)cc1. The lowest BCUT2D eigenvalue weighted by Gasteiger charge is -2.60. The third-order valence-electron chi connectivity index (χ3n) is 7.86. The molecule has 4 fully saturated rings. The highest BCUT2D eigenvalue weighted by atomic mass is 35.5. The molecule has 4 aliphatic rings. The van der Waals surface area contributed by atoms with E-state index in [1.54, 1.807) is 0 Å². The largest absolute Gasteiger partial charge is 0.366 e. The zero-order chi connectivity index (χ0) is 16.0. The molecule has 0 N–H and O–H groups in total. The van der Waals surface area contributed by atoms with Crippen LogP contribution in [0.3, 0.4) is 0 Å². The van der Waals surface area contributed by atoms with Crippen LogP contribution in [0, 0.1) is 11.8 Å². The van der Waals surface area contributed by atoms with Crippen molar-refractivity contribution in [2.45, 2.75) is 69.4 Å². The molecule has 0 radical (unpaired) electrons. The van der Waals surface area contributed by atoms with Gasteiger partial charge >= 0.3 is 0 Å². The first-order valence-corrected chi connectivity index (χ1v) is 10.4. The number of anilines is 1. The molecule has 2 heterocycles. The Balaban J connectivity index is 0.00000157. The van der Waals surface area contributed by atoms with Crippen LogP contribution < -0.4 is 4.90 Å². The number of likely N-dealkylation sites (tertiary alicyclic amines) is 1. The number of hydrogen-bond acceptors (Lipinski definition) is 2. The van der Waals surface area contributed by atoms with Gasteiger partial charge in [-0.2, -0.15) is 0 Å². The standard InChI is InChI=1S/C22H32N2.ClH/c1-2-10-20(11-3-1)24-17-14-22(24)12-15-23(16-13-22)21-18-6-4-7-19(21)9-5-8-18;/h1-3,10-11,18-19,21H,4-9,12-17H2;1H. The summed E-state index contributed by atoms with van der Waals surface area (Å²) in [6.07, 6.45) is 13.2. The van der Waals surface area contributed by atoms with Gasteiger partial charge in [0.25, 0.3) is 0 Å². The predicted octanol–water partition coefficient (Wildman–Crippen LogP) is 5.12. The fourth-order valence-corrected chi connectivity index (χ4v) is 6.55. The molecule has 0 amide bonds. The Bertz CT molecular complexity index is 545. The van der Waals surface area contributed by atoms with Crippen LogP contribution in [0.15, 0.2) is 30.3 Å². The summed E-state index contributed by atoms with van der Waals surface area (Å²) in [4.78, 5) is 5.65. The van der Waals surface area contributed by atoms with Gasteiger partial charge in [0.05, 0.1) is 0 Å². The topological polar surface area (TPSA) is 6.48 Å². The zero-order valence-electron chi connectivity index (χ0n) is 15.4. The van der Waals surface area contributed by atoms with Crippen LogP contribution in [-0.2, 0) is 0 Å². The second kappa shape index (κ2) is 7.12. The Kier molecular flexibility index (Phi) is 5.03. The number of rotatable bonds is 2. The number of nitrogens with zero attached hydrogens (tertiary/aromatic N) is 2. The predicted molar refractivity (Wildman–Crippen MR) is 108 cm³/mol. The normalized spacial score (nSPS) is 34.2. The van der Waals surface area contributed by atoms with Crippen molar-refractivity contribution in [3.63, 3.8) is 0 Å². The van der Waals surface area contributed by atoms with Crippen molar-refractivity contribution in [2.24, 2.45) is 11.8 Å². The molecule has 0 unspecified atom stereocenters. The molecule has 2 nitrogen and oxygen atoms in total. The summed E-state index contributed by atoms with van der Waals surface area (Å²) in [6.45, 7) is 3.96. The maximum Gasteiger partial charge on any atom is 0.0443 e. The van der Waals surface area contributed by atoms with Crippen LogP contribution in [0.4, 0.5) is 5.69 Å². The molecule has 2 aliphatic carbocycles. The Morgan fingerprint density at radius 2 is 1.32 bits per heavy atom. The van der Waals surface area contributed by atoms with E-state index in [1.165, 1.54) is 83.1 Å². The monoisotopic (exact) mass is 360 g/mol.